The Hall–Kier alpha value is -0.815. The lowest BCUT2D eigenvalue weighted by atomic mass is 9.90. The largest absolute Gasteiger partial charge is 0.499 e. The highest BCUT2D eigenvalue weighted by molar-refractivity contribution is 7.28. The first-order valence-corrected chi connectivity index (χ1v) is 5.94. The first-order valence-electron chi connectivity index (χ1n) is 4.31. The zero-order valence-corrected chi connectivity index (χ0v) is 9.64. The van der Waals surface area contributed by atoms with Crippen molar-refractivity contribution in [2.45, 2.75) is 0 Å². The van der Waals surface area contributed by atoms with Gasteiger partial charge in [-0.2, -0.15) is 0 Å². The number of ether oxygens (including phenoxy) is 1. The average Bonchev–Trinajstić information content (AvgIpc) is 2.86. The number of thiophene rings is 2. The summed E-state index contributed by atoms with van der Waals surface area (Å²) in [4.78, 5) is 2.09. The van der Waals surface area contributed by atoms with Crippen LogP contribution in [0.4, 0.5) is 0 Å². The zero-order valence-electron chi connectivity index (χ0n) is 8.01. The van der Waals surface area contributed by atoms with Crippen molar-refractivity contribution >= 4 is 34.6 Å². The van der Waals surface area contributed by atoms with E-state index in [1.807, 2.05) is 18.2 Å². The molecule has 0 aromatic carbocycles. The van der Waals surface area contributed by atoms with Gasteiger partial charge in [-0.3, -0.25) is 0 Å². The predicted octanol–water partition coefficient (Wildman–Crippen LogP) is 1.16. The standard InChI is InChI=1S/C9H9BO3S2/c1-13-9-5-3-7(15-9)6-2-4-8(14-6)10(11)12/h2-5,11-12H,1H3. The molecule has 0 aliphatic carbocycles. The van der Waals surface area contributed by atoms with Crippen molar-refractivity contribution in [3.05, 3.63) is 24.3 Å². The molecule has 0 amide bonds. The molecule has 2 N–H and O–H groups in total. The van der Waals surface area contributed by atoms with Crippen LogP contribution < -0.4 is 9.51 Å². The lowest BCUT2D eigenvalue weighted by Crippen LogP contribution is -2.26. The molecule has 15 heavy (non-hydrogen) atoms. The molecule has 0 spiro atoms. The van der Waals surface area contributed by atoms with Crippen LogP contribution in [0.15, 0.2) is 24.3 Å². The number of rotatable bonds is 3. The fraction of sp³-hybridized carbons (Fsp3) is 0.111. The van der Waals surface area contributed by atoms with Crippen LogP contribution in [-0.4, -0.2) is 24.3 Å². The fourth-order valence-corrected chi connectivity index (χ4v) is 2.98. The second kappa shape index (κ2) is 4.36. The minimum atomic E-state index is -1.38. The van der Waals surface area contributed by atoms with Gasteiger partial charge in [-0.15, -0.1) is 11.3 Å². The van der Waals surface area contributed by atoms with Crippen LogP contribution >= 0.6 is 22.7 Å². The van der Waals surface area contributed by atoms with Crippen molar-refractivity contribution in [1.29, 1.82) is 0 Å². The van der Waals surface area contributed by atoms with Crippen molar-refractivity contribution in [1.82, 2.24) is 0 Å². The molecule has 0 aliphatic heterocycles. The predicted molar refractivity (Wildman–Crippen MR) is 64.0 cm³/mol. The summed E-state index contributed by atoms with van der Waals surface area (Å²) >= 11 is 2.91. The van der Waals surface area contributed by atoms with E-state index in [-0.39, 0.29) is 0 Å². The molecular weight excluding hydrogens is 231 g/mol. The third-order valence-electron chi connectivity index (χ3n) is 1.91. The quantitative estimate of drug-likeness (QED) is 0.791. The second-order valence-electron chi connectivity index (χ2n) is 2.90. The van der Waals surface area contributed by atoms with Crippen LogP contribution in [0.3, 0.4) is 0 Å². The van der Waals surface area contributed by atoms with Gasteiger partial charge in [0.05, 0.1) is 7.11 Å². The molecule has 0 bridgehead atoms. The summed E-state index contributed by atoms with van der Waals surface area (Å²) in [5.41, 5.74) is 0. The molecule has 78 valence electrons. The van der Waals surface area contributed by atoms with Gasteiger partial charge < -0.3 is 14.8 Å². The fourth-order valence-electron chi connectivity index (χ4n) is 1.19. The van der Waals surface area contributed by atoms with Crippen LogP contribution in [0.1, 0.15) is 0 Å². The Morgan fingerprint density at radius 1 is 1.07 bits per heavy atom. The Labute approximate surface area is 95.7 Å². The van der Waals surface area contributed by atoms with Crippen LogP contribution in [-0.2, 0) is 0 Å². The monoisotopic (exact) mass is 240 g/mol. The molecule has 0 fully saturated rings. The SMILES string of the molecule is COc1ccc(-c2ccc(B(O)O)s2)s1. The normalized spacial score (nSPS) is 10.3. The smallest absolute Gasteiger partial charge is 0.487 e. The van der Waals surface area contributed by atoms with Crippen LogP contribution in [0.5, 0.6) is 5.06 Å². The van der Waals surface area contributed by atoms with Gasteiger partial charge in [-0.05, 0) is 18.2 Å². The summed E-state index contributed by atoms with van der Waals surface area (Å²) in [6.45, 7) is 0. The molecule has 6 heteroatoms. The third kappa shape index (κ3) is 2.23. The van der Waals surface area contributed by atoms with Gasteiger partial charge in [-0.1, -0.05) is 17.4 Å². The van der Waals surface area contributed by atoms with E-state index in [2.05, 4.69) is 0 Å². The zero-order chi connectivity index (χ0) is 10.8. The van der Waals surface area contributed by atoms with Crippen molar-refractivity contribution in [3.63, 3.8) is 0 Å². The van der Waals surface area contributed by atoms with E-state index < -0.39 is 7.12 Å². The molecule has 2 aromatic rings. The van der Waals surface area contributed by atoms with E-state index in [9.17, 15) is 0 Å². The molecule has 0 atom stereocenters. The van der Waals surface area contributed by atoms with E-state index in [1.54, 1.807) is 13.2 Å². The molecule has 0 aliphatic rings. The summed E-state index contributed by atoms with van der Waals surface area (Å²) in [6, 6.07) is 7.46. The molecule has 0 radical (unpaired) electrons. The highest BCUT2D eigenvalue weighted by Crippen LogP contribution is 2.34. The Morgan fingerprint density at radius 2 is 1.73 bits per heavy atom. The van der Waals surface area contributed by atoms with E-state index in [1.165, 1.54) is 22.7 Å². The number of hydrogen-bond acceptors (Lipinski definition) is 5. The minimum Gasteiger partial charge on any atom is -0.487 e. The lowest BCUT2D eigenvalue weighted by Gasteiger charge is -1.92. The van der Waals surface area contributed by atoms with Gasteiger partial charge in [0, 0.05) is 14.5 Å². The average molecular weight is 240 g/mol. The molecule has 3 nitrogen and oxygen atoms in total. The first-order chi connectivity index (χ1) is 7.20. The molecule has 0 saturated heterocycles. The van der Waals surface area contributed by atoms with Gasteiger partial charge >= 0.3 is 7.12 Å². The number of hydrogen-bond donors (Lipinski definition) is 2. The molecule has 2 rings (SSSR count). The van der Waals surface area contributed by atoms with Crippen molar-refractivity contribution in [3.8, 4) is 14.8 Å². The summed E-state index contributed by atoms with van der Waals surface area (Å²) in [5, 5.41) is 18.8. The maximum absolute atomic E-state index is 8.98. The number of methoxy groups -OCH3 is 1. The van der Waals surface area contributed by atoms with E-state index >= 15 is 0 Å². The second-order valence-corrected chi connectivity index (χ2v) is 5.06. The van der Waals surface area contributed by atoms with Crippen molar-refractivity contribution in [2.75, 3.05) is 7.11 Å². The van der Waals surface area contributed by atoms with Crippen LogP contribution in [0.25, 0.3) is 9.75 Å². The molecule has 0 saturated carbocycles. The van der Waals surface area contributed by atoms with Gasteiger partial charge in [0.25, 0.3) is 0 Å². The minimum absolute atomic E-state index is 0.553. The molecule has 2 heterocycles. The topological polar surface area (TPSA) is 49.7 Å². The Kier molecular flexibility index (Phi) is 3.11. The van der Waals surface area contributed by atoms with E-state index in [4.69, 9.17) is 14.8 Å². The van der Waals surface area contributed by atoms with Gasteiger partial charge in [0.2, 0.25) is 0 Å². The summed E-state index contributed by atoms with van der Waals surface area (Å²) < 4.78 is 5.65. The Bertz CT molecular complexity index is 450. The summed E-state index contributed by atoms with van der Waals surface area (Å²) in [5.74, 6) is 0. The van der Waals surface area contributed by atoms with Crippen molar-refractivity contribution in [2.24, 2.45) is 0 Å². The van der Waals surface area contributed by atoms with Crippen molar-refractivity contribution < 1.29 is 14.8 Å². The van der Waals surface area contributed by atoms with Crippen LogP contribution in [0.2, 0.25) is 0 Å². The molecule has 2 aromatic heterocycles. The van der Waals surface area contributed by atoms with Crippen LogP contribution in [0, 0.1) is 0 Å². The van der Waals surface area contributed by atoms with E-state index in [0.717, 1.165) is 14.8 Å². The summed E-state index contributed by atoms with van der Waals surface area (Å²) in [6.07, 6.45) is 0. The first kappa shape index (κ1) is 10.7. The molecular formula is C9H9BO3S2. The van der Waals surface area contributed by atoms with Gasteiger partial charge in [-0.25, -0.2) is 0 Å². The Morgan fingerprint density at radius 3 is 2.27 bits per heavy atom. The maximum Gasteiger partial charge on any atom is 0.499 e. The highest BCUT2D eigenvalue weighted by Gasteiger charge is 2.15. The van der Waals surface area contributed by atoms with E-state index in [0.29, 0.717) is 4.78 Å². The third-order valence-corrected chi connectivity index (χ3v) is 4.27. The summed E-state index contributed by atoms with van der Waals surface area (Å²) in [7, 11) is 0.248. The molecule has 0 unspecified atom stereocenters. The van der Waals surface area contributed by atoms with Gasteiger partial charge in [0.15, 0.2) is 5.06 Å². The maximum atomic E-state index is 8.98. The van der Waals surface area contributed by atoms with Gasteiger partial charge in [0.1, 0.15) is 0 Å². The lowest BCUT2D eigenvalue weighted by molar-refractivity contribution is 0.426. The Balaban J connectivity index is 2.28. The highest BCUT2D eigenvalue weighted by atomic mass is 32.1.